The Morgan fingerprint density at radius 2 is 1.92 bits per heavy atom. The van der Waals surface area contributed by atoms with Gasteiger partial charge in [-0.15, -0.1) is 11.8 Å². The number of thioether (sulfide) groups is 1. The molecule has 0 bridgehead atoms. The standard InChI is InChI=1S/C10H14BrNS/c1-10(2,3)13-7-4-5-9(12)8(11)6-7/h4-6H,12H2,1-3H3. The summed E-state index contributed by atoms with van der Waals surface area (Å²) in [5, 5.41) is 0. The molecular weight excluding hydrogens is 246 g/mol. The number of halogens is 1. The molecule has 72 valence electrons. The van der Waals surface area contributed by atoms with Crippen molar-refractivity contribution in [3.8, 4) is 0 Å². The molecule has 0 aromatic heterocycles. The van der Waals surface area contributed by atoms with E-state index in [0.717, 1.165) is 10.2 Å². The fraction of sp³-hybridized carbons (Fsp3) is 0.400. The van der Waals surface area contributed by atoms with Crippen molar-refractivity contribution in [2.24, 2.45) is 0 Å². The summed E-state index contributed by atoms with van der Waals surface area (Å²) in [4.78, 5) is 1.24. The SMILES string of the molecule is CC(C)(C)Sc1ccc(N)c(Br)c1. The van der Waals surface area contributed by atoms with Crippen LogP contribution in [-0.2, 0) is 0 Å². The molecule has 0 aliphatic carbocycles. The molecule has 0 spiro atoms. The van der Waals surface area contributed by atoms with Gasteiger partial charge in [0.05, 0.1) is 0 Å². The van der Waals surface area contributed by atoms with Crippen molar-refractivity contribution in [2.75, 3.05) is 5.73 Å². The van der Waals surface area contributed by atoms with Gasteiger partial charge in [0.2, 0.25) is 0 Å². The van der Waals surface area contributed by atoms with Gasteiger partial charge in [0.1, 0.15) is 0 Å². The van der Waals surface area contributed by atoms with Crippen molar-refractivity contribution in [3.63, 3.8) is 0 Å². The summed E-state index contributed by atoms with van der Waals surface area (Å²) in [6, 6.07) is 6.04. The maximum atomic E-state index is 5.70. The third-order valence-corrected chi connectivity index (χ3v) is 3.18. The van der Waals surface area contributed by atoms with Gasteiger partial charge in [-0.05, 0) is 34.1 Å². The molecule has 13 heavy (non-hydrogen) atoms. The van der Waals surface area contributed by atoms with E-state index in [1.54, 1.807) is 0 Å². The molecule has 0 saturated carbocycles. The smallest absolute Gasteiger partial charge is 0.0459 e. The number of hydrogen-bond acceptors (Lipinski definition) is 2. The van der Waals surface area contributed by atoms with Gasteiger partial charge in [-0.25, -0.2) is 0 Å². The molecule has 1 aromatic rings. The van der Waals surface area contributed by atoms with Gasteiger partial charge in [0, 0.05) is 19.8 Å². The van der Waals surface area contributed by atoms with Crippen LogP contribution in [0.4, 0.5) is 5.69 Å². The van der Waals surface area contributed by atoms with E-state index in [2.05, 4.69) is 48.8 Å². The Morgan fingerprint density at radius 1 is 1.31 bits per heavy atom. The average molecular weight is 260 g/mol. The van der Waals surface area contributed by atoms with E-state index in [4.69, 9.17) is 5.73 Å². The number of nitrogens with two attached hydrogens (primary N) is 1. The van der Waals surface area contributed by atoms with Crippen molar-refractivity contribution in [1.29, 1.82) is 0 Å². The number of rotatable bonds is 1. The van der Waals surface area contributed by atoms with Gasteiger partial charge in [0.25, 0.3) is 0 Å². The molecule has 0 radical (unpaired) electrons. The van der Waals surface area contributed by atoms with Crippen LogP contribution in [0.25, 0.3) is 0 Å². The van der Waals surface area contributed by atoms with E-state index >= 15 is 0 Å². The minimum absolute atomic E-state index is 0.246. The predicted octanol–water partition coefficient (Wildman–Crippen LogP) is 3.92. The maximum Gasteiger partial charge on any atom is 0.0459 e. The number of benzene rings is 1. The Morgan fingerprint density at radius 3 is 2.38 bits per heavy atom. The van der Waals surface area contributed by atoms with Crippen molar-refractivity contribution in [1.82, 2.24) is 0 Å². The summed E-state index contributed by atoms with van der Waals surface area (Å²) in [5.74, 6) is 0. The molecule has 0 amide bonds. The first-order chi connectivity index (χ1) is 5.88. The zero-order valence-corrected chi connectivity index (χ0v) is 10.5. The lowest BCUT2D eigenvalue weighted by molar-refractivity contribution is 0.803. The van der Waals surface area contributed by atoms with Crippen LogP contribution in [0.3, 0.4) is 0 Å². The Hall–Kier alpha value is -0.150. The monoisotopic (exact) mass is 259 g/mol. The van der Waals surface area contributed by atoms with Gasteiger partial charge >= 0.3 is 0 Å². The minimum Gasteiger partial charge on any atom is -0.398 e. The van der Waals surface area contributed by atoms with Crippen LogP contribution >= 0.6 is 27.7 Å². The molecule has 1 aromatic carbocycles. The van der Waals surface area contributed by atoms with Gasteiger partial charge < -0.3 is 5.73 Å². The molecule has 2 N–H and O–H groups in total. The third kappa shape index (κ3) is 3.61. The van der Waals surface area contributed by atoms with E-state index in [1.807, 2.05) is 17.8 Å². The third-order valence-electron chi connectivity index (χ3n) is 1.40. The summed E-state index contributed by atoms with van der Waals surface area (Å²) in [6.07, 6.45) is 0. The predicted molar refractivity (Wildman–Crippen MR) is 64.2 cm³/mol. The Bertz CT molecular complexity index is 304. The number of hydrogen-bond donors (Lipinski definition) is 1. The van der Waals surface area contributed by atoms with Crippen molar-refractivity contribution >= 4 is 33.4 Å². The molecule has 1 rings (SSSR count). The molecule has 0 heterocycles. The molecule has 0 aliphatic rings. The van der Waals surface area contributed by atoms with Gasteiger partial charge in [0.15, 0.2) is 0 Å². The second-order valence-corrected chi connectivity index (χ2v) is 6.65. The highest BCUT2D eigenvalue weighted by atomic mass is 79.9. The molecule has 1 nitrogen and oxygen atoms in total. The van der Waals surface area contributed by atoms with Gasteiger partial charge in [-0.3, -0.25) is 0 Å². The average Bonchev–Trinajstić information content (AvgIpc) is 1.94. The normalized spacial score (nSPS) is 11.7. The lowest BCUT2D eigenvalue weighted by Gasteiger charge is -2.17. The molecular formula is C10H14BrNS. The maximum absolute atomic E-state index is 5.70. The fourth-order valence-corrected chi connectivity index (χ4v) is 2.48. The number of anilines is 1. The molecule has 3 heteroatoms. The van der Waals surface area contributed by atoms with Crippen molar-refractivity contribution in [2.45, 2.75) is 30.4 Å². The zero-order chi connectivity index (χ0) is 10.1. The first kappa shape index (κ1) is 10.9. The van der Waals surface area contributed by atoms with Crippen LogP contribution in [0.2, 0.25) is 0 Å². The lowest BCUT2D eigenvalue weighted by atomic mass is 10.3. The largest absolute Gasteiger partial charge is 0.398 e. The summed E-state index contributed by atoms with van der Waals surface area (Å²) in [5.41, 5.74) is 6.49. The molecule has 0 unspecified atom stereocenters. The molecule has 0 fully saturated rings. The minimum atomic E-state index is 0.246. The van der Waals surface area contributed by atoms with Crippen molar-refractivity contribution < 1.29 is 0 Å². The van der Waals surface area contributed by atoms with Crippen LogP contribution < -0.4 is 5.73 Å². The summed E-state index contributed by atoms with van der Waals surface area (Å²) >= 11 is 5.25. The van der Waals surface area contributed by atoms with Crippen LogP contribution in [0, 0.1) is 0 Å². The first-order valence-corrected chi connectivity index (χ1v) is 5.73. The zero-order valence-electron chi connectivity index (χ0n) is 8.10. The highest BCUT2D eigenvalue weighted by Gasteiger charge is 2.12. The lowest BCUT2D eigenvalue weighted by Crippen LogP contribution is -2.06. The summed E-state index contributed by atoms with van der Waals surface area (Å²) in [6.45, 7) is 6.59. The topological polar surface area (TPSA) is 26.0 Å². The molecule has 0 atom stereocenters. The molecule has 0 aliphatic heterocycles. The summed E-state index contributed by atoms with van der Waals surface area (Å²) in [7, 11) is 0. The number of nitrogen functional groups attached to an aromatic ring is 1. The highest BCUT2D eigenvalue weighted by Crippen LogP contribution is 2.34. The summed E-state index contributed by atoms with van der Waals surface area (Å²) < 4.78 is 1.22. The first-order valence-electron chi connectivity index (χ1n) is 4.12. The Balaban J connectivity index is 2.86. The van der Waals surface area contributed by atoms with E-state index in [1.165, 1.54) is 4.90 Å². The van der Waals surface area contributed by atoms with E-state index in [9.17, 15) is 0 Å². The van der Waals surface area contributed by atoms with Gasteiger partial charge in [-0.2, -0.15) is 0 Å². The van der Waals surface area contributed by atoms with Crippen molar-refractivity contribution in [3.05, 3.63) is 22.7 Å². The second kappa shape index (κ2) is 3.93. The van der Waals surface area contributed by atoms with Crippen LogP contribution in [0.5, 0.6) is 0 Å². The van der Waals surface area contributed by atoms with Crippen LogP contribution in [-0.4, -0.2) is 4.75 Å². The van der Waals surface area contributed by atoms with Gasteiger partial charge in [-0.1, -0.05) is 20.8 Å². The Kier molecular flexibility index (Phi) is 3.30. The van der Waals surface area contributed by atoms with E-state index in [-0.39, 0.29) is 4.75 Å². The van der Waals surface area contributed by atoms with E-state index in [0.29, 0.717) is 0 Å². The molecule has 0 saturated heterocycles. The fourth-order valence-electron chi connectivity index (χ4n) is 0.925. The second-order valence-electron chi connectivity index (χ2n) is 3.90. The van der Waals surface area contributed by atoms with Crippen LogP contribution in [0.15, 0.2) is 27.6 Å². The van der Waals surface area contributed by atoms with Crippen LogP contribution in [0.1, 0.15) is 20.8 Å². The quantitative estimate of drug-likeness (QED) is 0.611. The van der Waals surface area contributed by atoms with E-state index < -0.39 is 0 Å². The Labute approximate surface area is 92.2 Å². The highest BCUT2D eigenvalue weighted by molar-refractivity contribution is 9.10.